The lowest BCUT2D eigenvalue weighted by molar-refractivity contribution is 0.297. The highest BCUT2D eigenvalue weighted by Gasteiger charge is 2.10. The van der Waals surface area contributed by atoms with Gasteiger partial charge in [-0.3, -0.25) is 0 Å². The maximum atomic E-state index is 6.04. The zero-order valence-electron chi connectivity index (χ0n) is 14.8. The standard InChI is InChI=1S/C20H21N5O2/c21-20(24-16-6-7-18-19(13-16)27-11-3-10-26-18)22-14-15-4-1-5-17(12-15)25-9-2-8-23-25/h1-2,4-9,12-13H,3,10-11,14H2,(H3,21,22,24). The van der Waals surface area contributed by atoms with Gasteiger partial charge in [-0.15, -0.1) is 0 Å². The van der Waals surface area contributed by atoms with Gasteiger partial charge in [-0.1, -0.05) is 12.1 Å². The van der Waals surface area contributed by atoms with Gasteiger partial charge < -0.3 is 20.5 Å². The van der Waals surface area contributed by atoms with Crippen LogP contribution in [-0.4, -0.2) is 29.0 Å². The van der Waals surface area contributed by atoms with E-state index in [1.54, 1.807) is 6.20 Å². The van der Waals surface area contributed by atoms with Crippen molar-refractivity contribution in [2.75, 3.05) is 18.5 Å². The number of guanidine groups is 1. The topological polar surface area (TPSA) is 86.7 Å². The van der Waals surface area contributed by atoms with Gasteiger partial charge in [0.1, 0.15) is 0 Å². The van der Waals surface area contributed by atoms with Crippen molar-refractivity contribution in [1.82, 2.24) is 9.78 Å². The van der Waals surface area contributed by atoms with E-state index in [1.165, 1.54) is 0 Å². The number of hydrogen-bond acceptors (Lipinski definition) is 4. The van der Waals surface area contributed by atoms with Crippen molar-refractivity contribution in [2.24, 2.45) is 10.7 Å². The third-order valence-corrected chi connectivity index (χ3v) is 4.13. The Morgan fingerprint density at radius 2 is 2.00 bits per heavy atom. The summed E-state index contributed by atoms with van der Waals surface area (Å²) in [5, 5.41) is 7.34. The maximum absolute atomic E-state index is 6.04. The van der Waals surface area contributed by atoms with Gasteiger partial charge in [0.2, 0.25) is 0 Å². The monoisotopic (exact) mass is 363 g/mol. The highest BCUT2D eigenvalue weighted by Crippen LogP contribution is 2.32. The quantitative estimate of drug-likeness (QED) is 0.550. The molecule has 0 bridgehead atoms. The molecule has 0 amide bonds. The van der Waals surface area contributed by atoms with Crippen LogP contribution in [0.1, 0.15) is 12.0 Å². The Bertz CT molecular complexity index is 937. The minimum atomic E-state index is 0.342. The van der Waals surface area contributed by atoms with Crippen molar-refractivity contribution in [2.45, 2.75) is 13.0 Å². The Morgan fingerprint density at radius 3 is 2.85 bits per heavy atom. The van der Waals surface area contributed by atoms with Crippen LogP contribution in [0, 0.1) is 0 Å². The van der Waals surface area contributed by atoms with Crippen molar-refractivity contribution in [1.29, 1.82) is 0 Å². The molecule has 27 heavy (non-hydrogen) atoms. The summed E-state index contributed by atoms with van der Waals surface area (Å²) in [6.45, 7) is 1.78. The molecule has 1 aliphatic heterocycles. The first-order chi connectivity index (χ1) is 13.3. The Kier molecular flexibility index (Phi) is 4.91. The fourth-order valence-corrected chi connectivity index (χ4v) is 2.82. The van der Waals surface area contributed by atoms with Gasteiger partial charge in [-0.25, -0.2) is 9.67 Å². The highest BCUT2D eigenvalue weighted by molar-refractivity contribution is 5.92. The average molecular weight is 363 g/mol. The van der Waals surface area contributed by atoms with Crippen molar-refractivity contribution in [3.05, 3.63) is 66.5 Å². The van der Waals surface area contributed by atoms with Crippen LogP contribution >= 0.6 is 0 Å². The first-order valence-corrected chi connectivity index (χ1v) is 8.83. The van der Waals surface area contributed by atoms with Crippen LogP contribution in [0.2, 0.25) is 0 Å². The second-order valence-electron chi connectivity index (χ2n) is 6.16. The molecular formula is C20H21N5O2. The summed E-state index contributed by atoms with van der Waals surface area (Å²) >= 11 is 0. The zero-order chi connectivity index (χ0) is 18.5. The summed E-state index contributed by atoms with van der Waals surface area (Å²) in [5.74, 6) is 1.82. The predicted molar refractivity (Wildman–Crippen MR) is 105 cm³/mol. The molecule has 2 aromatic carbocycles. The van der Waals surface area contributed by atoms with E-state index in [0.29, 0.717) is 25.7 Å². The molecule has 0 radical (unpaired) electrons. The normalized spacial score (nSPS) is 13.9. The number of hydrogen-bond donors (Lipinski definition) is 2. The van der Waals surface area contributed by atoms with E-state index in [9.17, 15) is 0 Å². The van der Waals surface area contributed by atoms with E-state index >= 15 is 0 Å². The number of fused-ring (bicyclic) bond motifs is 1. The van der Waals surface area contributed by atoms with Gasteiger partial charge in [0.25, 0.3) is 0 Å². The second-order valence-corrected chi connectivity index (χ2v) is 6.16. The van der Waals surface area contributed by atoms with Crippen LogP contribution in [0.4, 0.5) is 5.69 Å². The van der Waals surface area contributed by atoms with Gasteiger partial charge in [0, 0.05) is 30.6 Å². The molecule has 0 unspecified atom stereocenters. The molecule has 7 heteroatoms. The van der Waals surface area contributed by atoms with Gasteiger partial charge in [-0.05, 0) is 35.9 Å². The number of aromatic nitrogens is 2. The van der Waals surface area contributed by atoms with E-state index in [4.69, 9.17) is 15.2 Å². The van der Waals surface area contributed by atoms with Crippen molar-refractivity contribution in [3.8, 4) is 17.2 Å². The molecule has 0 atom stereocenters. The van der Waals surface area contributed by atoms with Crippen molar-refractivity contribution < 1.29 is 9.47 Å². The molecule has 0 spiro atoms. The number of nitrogens with two attached hydrogens (primary N) is 1. The van der Waals surface area contributed by atoms with E-state index < -0.39 is 0 Å². The summed E-state index contributed by atoms with van der Waals surface area (Å²) in [4.78, 5) is 4.42. The molecular weight excluding hydrogens is 342 g/mol. The Hall–Kier alpha value is -3.48. The number of nitrogens with zero attached hydrogens (tertiary/aromatic N) is 3. The molecule has 4 rings (SSSR count). The lowest BCUT2D eigenvalue weighted by Crippen LogP contribution is -2.22. The number of anilines is 1. The van der Waals surface area contributed by atoms with Crippen LogP contribution in [0.15, 0.2) is 65.9 Å². The molecule has 1 aliphatic rings. The third-order valence-electron chi connectivity index (χ3n) is 4.13. The van der Waals surface area contributed by atoms with Gasteiger partial charge in [0.15, 0.2) is 17.5 Å². The minimum Gasteiger partial charge on any atom is -0.490 e. The summed E-state index contributed by atoms with van der Waals surface area (Å²) in [7, 11) is 0. The fraction of sp³-hybridized carbons (Fsp3) is 0.200. The number of rotatable bonds is 4. The van der Waals surface area contributed by atoms with Crippen LogP contribution in [-0.2, 0) is 6.54 Å². The van der Waals surface area contributed by atoms with Crippen LogP contribution in [0.3, 0.4) is 0 Å². The maximum Gasteiger partial charge on any atom is 0.193 e. The first-order valence-electron chi connectivity index (χ1n) is 8.83. The summed E-state index contributed by atoms with van der Waals surface area (Å²) in [6, 6.07) is 15.6. The Balaban J connectivity index is 1.43. The molecule has 2 heterocycles. The minimum absolute atomic E-state index is 0.342. The van der Waals surface area contributed by atoms with Crippen LogP contribution in [0.25, 0.3) is 5.69 Å². The molecule has 0 aliphatic carbocycles. The molecule has 0 saturated heterocycles. The summed E-state index contributed by atoms with van der Waals surface area (Å²) in [6.07, 6.45) is 4.53. The average Bonchev–Trinajstić information content (AvgIpc) is 3.13. The molecule has 0 fully saturated rings. The predicted octanol–water partition coefficient (Wildman–Crippen LogP) is 2.96. The third kappa shape index (κ3) is 4.20. The number of aliphatic imine (C=N–C) groups is 1. The Labute approximate surface area is 157 Å². The fourth-order valence-electron chi connectivity index (χ4n) is 2.82. The molecule has 138 valence electrons. The van der Waals surface area contributed by atoms with E-state index in [1.807, 2.05) is 59.4 Å². The Morgan fingerprint density at radius 1 is 1.11 bits per heavy atom. The molecule has 7 nitrogen and oxygen atoms in total. The molecule has 0 saturated carbocycles. The number of ether oxygens (including phenoxy) is 2. The first kappa shape index (κ1) is 17.0. The van der Waals surface area contributed by atoms with Crippen molar-refractivity contribution in [3.63, 3.8) is 0 Å². The lowest BCUT2D eigenvalue weighted by Gasteiger charge is -2.11. The summed E-state index contributed by atoms with van der Waals surface area (Å²) in [5.41, 5.74) is 8.89. The zero-order valence-corrected chi connectivity index (χ0v) is 14.8. The van der Waals surface area contributed by atoms with Crippen molar-refractivity contribution >= 4 is 11.6 Å². The lowest BCUT2D eigenvalue weighted by atomic mass is 10.2. The number of nitrogens with one attached hydrogen (secondary N) is 1. The van der Waals surface area contributed by atoms with E-state index in [2.05, 4.69) is 15.4 Å². The molecule has 1 aromatic heterocycles. The van der Waals surface area contributed by atoms with Gasteiger partial charge in [0.05, 0.1) is 25.4 Å². The number of benzene rings is 2. The van der Waals surface area contributed by atoms with Crippen LogP contribution < -0.4 is 20.5 Å². The second kappa shape index (κ2) is 7.82. The molecule has 3 aromatic rings. The van der Waals surface area contributed by atoms with Crippen LogP contribution in [0.5, 0.6) is 11.5 Å². The van der Waals surface area contributed by atoms with E-state index in [0.717, 1.165) is 34.9 Å². The van der Waals surface area contributed by atoms with Gasteiger partial charge in [-0.2, -0.15) is 5.10 Å². The van der Waals surface area contributed by atoms with E-state index in [-0.39, 0.29) is 0 Å². The highest BCUT2D eigenvalue weighted by atomic mass is 16.5. The SMILES string of the molecule is NC(=NCc1cccc(-n2cccn2)c1)Nc1ccc2c(c1)OCCCO2. The smallest absolute Gasteiger partial charge is 0.193 e. The summed E-state index contributed by atoms with van der Waals surface area (Å²) < 4.78 is 13.1. The van der Waals surface area contributed by atoms with Gasteiger partial charge >= 0.3 is 0 Å². The largest absolute Gasteiger partial charge is 0.490 e. The molecule has 3 N–H and O–H groups in total.